The molecule has 30 heavy (non-hydrogen) atoms. The Balaban J connectivity index is 1.43. The number of hydrogen-bond acceptors (Lipinski definition) is 5. The molecule has 0 N–H and O–H groups in total. The third kappa shape index (κ3) is 4.53. The Kier molecular flexibility index (Phi) is 6.41. The van der Waals surface area contributed by atoms with Gasteiger partial charge in [-0.1, -0.05) is 36.7 Å². The fourth-order valence-electron chi connectivity index (χ4n) is 3.18. The summed E-state index contributed by atoms with van der Waals surface area (Å²) in [6.07, 6.45) is 2.78. The summed E-state index contributed by atoms with van der Waals surface area (Å²) in [5, 5.41) is 3.62. The molecule has 0 amide bonds. The predicted octanol–water partition coefficient (Wildman–Crippen LogP) is 6.68. The van der Waals surface area contributed by atoms with Gasteiger partial charge < -0.3 is 14.2 Å². The fraction of sp³-hybridized carbons (Fsp3) is 0.208. The van der Waals surface area contributed by atoms with E-state index in [-0.39, 0.29) is 0 Å². The van der Waals surface area contributed by atoms with Crippen LogP contribution in [0.2, 0.25) is 5.15 Å². The third-order valence-electron chi connectivity index (χ3n) is 4.84. The summed E-state index contributed by atoms with van der Waals surface area (Å²) in [7, 11) is 1.66. The van der Waals surface area contributed by atoms with E-state index in [1.54, 1.807) is 18.4 Å². The normalized spacial score (nSPS) is 10.9. The number of fused-ring (bicyclic) bond motifs is 1. The van der Waals surface area contributed by atoms with Crippen LogP contribution in [0, 0.1) is 0 Å². The van der Waals surface area contributed by atoms with Crippen LogP contribution in [0.15, 0.2) is 60.1 Å². The molecular formula is C24H22ClNO3S. The second-order valence-electron chi connectivity index (χ2n) is 6.79. The van der Waals surface area contributed by atoms with Gasteiger partial charge in [0.05, 0.1) is 7.11 Å². The van der Waals surface area contributed by atoms with Gasteiger partial charge in [0.1, 0.15) is 35.6 Å². The number of rotatable bonds is 8. The summed E-state index contributed by atoms with van der Waals surface area (Å²) in [4.78, 5) is 4.33. The highest BCUT2D eigenvalue weighted by Gasteiger charge is 2.13. The Morgan fingerprint density at radius 1 is 0.933 bits per heavy atom. The van der Waals surface area contributed by atoms with Gasteiger partial charge in [-0.3, -0.25) is 0 Å². The first-order chi connectivity index (χ1) is 14.7. The van der Waals surface area contributed by atoms with Crippen LogP contribution >= 0.6 is 22.9 Å². The number of aromatic nitrogens is 1. The predicted molar refractivity (Wildman–Crippen MR) is 122 cm³/mol. The first kappa shape index (κ1) is 20.5. The lowest BCUT2D eigenvalue weighted by molar-refractivity contribution is 0.290. The minimum atomic E-state index is 0.427. The van der Waals surface area contributed by atoms with Crippen molar-refractivity contribution < 1.29 is 14.2 Å². The SMILES string of the molecule is CCc1cnc(Cl)c2c(COc3cccc(OCc4ccc(OC)cc4)c3)csc12. The maximum absolute atomic E-state index is 6.37. The van der Waals surface area contributed by atoms with E-state index in [0.717, 1.165) is 40.2 Å². The molecule has 6 heteroatoms. The molecule has 2 aromatic heterocycles. The summed E-state index contributed by atoms with van der Waals surface area (Å²) < 4.78 is 18.3. The van der Waals surface area contributed by atoms with Crippen LogP contribution in [-0.2, 0) is 19.6 Å². The average molecular weight is 440 g/mol. The van der Waals surface area contributed by atoms with E-state index < -0.39 is 0 Å². The Morgan fingerprint density at radius 3 is 2.37 bits per heavy atom. The van der Waals surface area contributed by atoms with Gasteiger partial charge in [-0.15, -0.1) is 11.3 Å². The van der Waals surface area contributed by atoms with Crippen LogP contribution in [0.1, 0.15) is 23.6 Å². The lowest BCUT2D eigenvalue weighted by Crippen LogP contribution is -1.98. The molecule has 0 fully saturated rings. The van der Waals surface area contributed by atoms with E-state index in [9.17, 15) is 0 Å². The molecule has 2 heterocycles. The summed E-state index contributed by atoms with van der Waals surface area (Å²) in [6.45, 7) is 3.03. The maximum Gasteiger partial charge on any atom is 0.138 e. The number of nitrogens with zero attached hydrogens (tertiary/aromatic N) is 1. The smallest absolute Gasteiger partial charge is 0.138 e. The molecule has 2 aromatic carbocycles. The van der Waals surface area contributed by atoms with Gasteiger partial charge in [0.15, 0.2) is 0 Å². The maximum atomic E-state index is 6.37. The molecule has 0 bridgehead atoms. The molecule has 4 rings (SSSR count). The highest BCUT2D eigenvalue weighted by molar-refractivity contribution is 7.17. The standard InChI is InChI=1S/C24H22ClNO3S/c1-3-17-12-26-24(25)22-18(15-30-23(17)22)14-29-21-6-4-5-20(11-21)28-13-16-7-9-19(27-2)10-8-16/h4-12,15H,3,13-14H2,1-2H3. The van der Waals surface area contributed by atoms with Crippen LogP contribution in [0.25, 0.3) is 10.1 Å². The largest absolute Gasteiger partial charge is 0.497 e. The fourth-order valence-corrected chi connectivity index (χ4v) is 4.64. The molecule has 0 aliphatic rings. The molecule has 0 saturated carbocycles. The van der Waals surface area contributed by atoms with E-state index in [1.165, 1.54) is 10.3 Å². The molecule has 0 aliphatic heterocycles. The van der Waals surface area contributed by atoms with E-state index in [0.29, 0.717) is 18.4 Å². The second kappa shape index (κ2) is 9.37. The van der Waals surface area contributed by atoms with Crippen molar-refractivity contribution >= 4 is 33.0 Å². The van der Waals surface area contributed by atoms with Crippen molar-refractivity contribution in [2.75, 3.05) is 7.11 Å². The van der Waals surface area contributed by atoms with Gasteiger partial charge in [0.25, 0.3) is 0 Å². The molecule has 4 aromatic rings. The molecule has 0 spiro atoms. The summed E-state index contributed by atoms with van der Waals surface area (Å²) in [5.74, 6) is 2.33. The monoisotopic (exact) mass is 439 g/mol. The van der Waals surface area contributed by atoms with Crippen molar-refractivity contribution in [2.45, 2.75) is 26.6 Å². The highest BCUT2D eigenvalue weighted by atomic mass is 35.5. The van der Waals surface area contributed by atoms with E-state index in [2.05, 4.69) is 17.3 Å². The first-order valence-corrected chi connectivity index (χ1v) is 11.0. The minimum Gasteiger partial charge on any atom is -0.497 e. The zero-order valence-electron chi connectivity index (χ0n) is 16.9. The molecular weight excluding hydrogens is 418 g/mol. The van der Waals surface area contributed by atoms with Crippen molar-refractivity contribution in [3.63, 3.8) is 0 Å². The van der Waals surface area contributed by atoms with Gasteiger partial charge in [-0.05, 0) is 47.2 Å². The number of hydrogen-bond donors (Lipinski definition) is 0. The Bertz CT molecular complexity index is 1140. The summed E-state index contributed by atoms with van der Waals surface area (Å²) in [5.41, 5.74) is 3.33. The van der Waals surface area contributed by atoms with Crippen molar-refractivity contribution in [1.82, 2.24) is 4.98 Å². The van der Waals surface area contributed by atoms with Gasteiger partial charge in [-0.25, -0.2) is 4.98 Å². The number of halogens is 1. The number of methoxy groups -OCH3 is 1. The van der Waals surface area contributed by atoms with Crippen molar-refractivity contribution in [1.29, 1.82) is 0 Å². The molecule has 0 atom stereocenters. The Labute approximate surface area is 185 Å². The van der Waals surface area contributed by atoms with Crippen molar-refractivity contribution in [3.05, 3.63) is 82.0 Å². The molecule has 4 nitrogen and oxygen atoms in total. The number of benzene rings is 2. The molecule has 0 radical (unpaired) electrons. The third-order valence-corrected chi connectivity index (χ3v) is 6.24. The number of ether oxygens (including phenoxy) is 3. The Hall–Kier alpha value is -2.76. The number of thiophene rings is 1. The molecule has 0 aliphatic carbocycles. The lowest BCUT2D eigenvalue weighted by Gasteiger charge is -2.10. The summed E-state index contributed by atoms with van der Waals surface area (Å²) >= 11 is 8.06. The topological polar surface area (TPSA) is 40.6 Å². The van der Waals surface area contributed by atoms with Gasteiger partial charge in [0, 0.05) is 27.9 Å². The van der Waals surface area contributed by atoms with Gasteiger partial charge in [-0.2, -0.15) is 0 Å². The second-order valence-corrected chi connectivity index (χ2v) is 8.03. The quantitative estimate of drug-likeness (QED) is 0.287. The van der Waals surface area contributed by atoms with Crippen molar-refractivity contribution in [2.24, 2.45) is 0 Å². The first-order valence-electron chi connectivity index (χ1n) is 9.70. The Morgan fingerprint density at radius 2 is 1.67 bits per heavy atom. The van der Waals surface area contributed by atoms with E-state index in [1.807, 2.05) is 54.7 Å². The van der Waals surface area contributed by atoms with Crippen LogP contribution in [0.4, 0.5) is 0 Å². The average Bonchev–Trinajstić information content (AvgIpc) is 3.22. The zero-order chi connectivity index (χ0) is 20.9. The van der Waals surface area contributed by atoms with E-state index >= 15 is 0 Å². The molecule has 154 valence electrons. The lowest BCUT2D eigenvalue weighted by atomic mass is 10.1. The zero-order valence-corrected chi connectivity index (χ0v) is 18.4. The van der Waals surface area contributed by atoms with Gasteiger partial charge in [0.2, 0.25) is 0 Å². The van der Waals surface area contributed by atoms with Crippen LogP contribution in [-0.4, -0.2) is 12.1 Å². The number of aryl methyl sites for hydroxylation is 1. The van der Waals surface area contributed by atoms with Gasteiger partial charge >= 0.3 is 0 Å². The van der Waals surface area contributed by atoms with Crippen molar-refractivity contribution in [3.8, 4) is 17.2 Å². The highest BCUT2D eigenvalue weighted by Crippen LogP contribution is 2.34. The molecule has 0 saturated heterocycles. The molecule has 0 unspecified atom stereocenters. The van der Waals surface area contributed by atoms with Crippen LogP contribution in [0.3, 0.4) is 0 Å². The van der Waals surface area contributed by atoms with Crippen LogP contribution < -0.4 is 14.2 Å². The van der Waals surface area contributed by atoms with E-state index in [4.69, 9.17) is 25.8 Å². The summed E-state index contributed by atoms with van der Waals surface area (Å²) in [6, 6.07) is 15.5. The van der Waals surface area contributed by atoms with Crippen LogP contribution in [0.5, 0.6) is 17.2 Å². The minimum absolute atomic E-state index is 0.427. The number of pyridine rings is 1.